The fraction of sp³-hybridized carbons (Fsp3) is 0.200. The number of esters is 1. The average molecular weight is 543 g/mol. The Morgan fingerprint density at radius 1 is 1.30 bits per heavy atom. The maximum atomic E-state index is 12.8. The number of nitrogens with two attached hydrogens (primary N) is 1. The lowest BCUT2D eigenvalue weighted by atomic mass is 10.1. The summed E-state index contributed by atoms with van der Waals surface area (Å²) in [7, 11) is 2.57. The summed E-state index contributed by atoms with van der Waals surface area (Å²) >= 11 is 9.64. The number of nitrogens with zero attached hydrogens (tertiary/aromatic N) is 1. The van der Waals surface area contributed by atoms with Gasteiger partial charge in [-0.1, -0.05) is 11.6 Å². The number of hydrogen-bond acceptors (Lipinski definition) is 8. The summed E-state index contributed by atoms with van der Waals surface area (Å²) in [5.74, 6) is -1.61. The summed E-state index contributed by atoms with van der Waals surface area (Å²) in [6, 6.07) is 3.65. The number of nitrogens with one attached hydrogen (secondary N) is 1. The predicted molar refractivity (Wildman–Crippen MR) is 117 cm³/mol. The van der Waals surface area contributed by atoms with Crippen molar-refractivity contribution in [2.75, 3.05) is 20.8 Å². The number of halogens is 2. The molecule has 174 valence electrons. The van der Waals surface area contributed by atoms with E-state index in [2.05, 4.69) is 26.0 Å². The number of amides is 4. The van der Waals surface area contributed by atoms with Crippen LogP contribution in [0.4, 0.5) is 4.79 Å². The minimum atomic E-state index is -0.704. The molecule has 1 fully saturated rings. The van der Waals surface area contributed by atoms with Crippen LogP contribution in [0, 0.1) is 0 Å². The van der Waals surface area contributed by atoms with Crippen LogP contribution in [0.3, 0.4) is 0 Å². The van der Waals surface area contributed by atoms with Gasteiger partial charge < -0.3 is 29.7 Å². The van der Waals surface area contributed by atoms with Crippen LogP contribution in [0.25, 0.3) is 6.08 Å². The third-order valence-electron chi connectivity index (χ3n) is 4.36. The van der Waals surface area contributed by atoms with Crippen LogP contribution in [0.15, 0.2) is 32.8 Å². The Morgan fingerprint density at radius 2 is 2.03 bits per heavy atom. The first-order chi connectivity index (χ1) is 15.7. The number of carbonyl (C=O) groups is 4. The molecule has 1 aromatic carbocycles. The maximum absolute atomic E-state index is 12.8. The Balaban J connectivity index is 1.86. The largest absolute Gasteiger partial charge is 0.493 e. The Kier molecular flexibility index (Phi) is 7.29. The van der Waals surface area contributed by atoms with Gasteiger partial charge >= 0.3 is 12.0 Å². The summed E-state index contributed by atoms with van der Waals surface area (Å²) in [6.07, 6.45) is 1.39. The maximum Gasteiger partial charge on any atom is 0.373 e. The molecule has 2 heterocycles. The van der Waals surface area contributed by atoms with E-state index in [1.807, 2.05) is 0 Å². The summed E-state index contributed by atoms with van der Waals surface area (Å²) in [5, 5.41) is 2.54. The van der Waals surface area contributed by atoms with Crippen molar-refractivity contribution in [2.24, 2.45) is 5.73 Å². The van der Waals surface area contributed by atoms with Crippen LogP contribution in [0.2, 0.25) is 5.02 Å². The molecule has 0 bridgehead atoms. The fourth-order valence-corrected chi connectivity index (χ4v) is 3.50. The van der Waals surface area contributed by atoms with Gasteiger partial charge in [0.1, 0.15) is 16.5 Å². The highest BCUT2D eigenvalue weighted by Gasteiger charge is 2.35. The Morgan fingerprint density at radius 3 is 2.67 bits per heavy atom. The van der Waals surface area contributed by atoms with Crippen LogP contribution in [-0.4, -0.2) is 49.5 Å². The molecule has 1 saturated heterocycles. The molecule has 0 saturated carbocycles. The number of furan rings is 1. The summed E-state index contributed by atoms with van der Waals surface area (Å²) < 4.78 is 20.8. The van der Waals surface area contributed by atoms with Crippen LogP contribution in [-0.2, 0) is 20.9 Å². The Labute approximate surface area is 200 Å². The van der Waals surface area contributed by atoms with E-state index in [0.717, 1.165) is 4.90 Å². The molecule has 11 nitrogen and oxygen atoms in total. The molecule has 4 amide bonds. The van der Waals surface area contributed by atoms with E-state index in [1.165, 1.54) is 38.5 Å². The van der Waals surface area contributed by atoms with Crippen LogP contribution >= 0.6 is 27.5 Å². The van der Waals surface area contributed by atoms with Crippen molar-refractivity contribution < 1.29 is 37.8 Å². The SMILES string of the molecule is COC(=O)c1ccc(CN2C(=O)N/C(=C\c3cc(OC)c(OCC(N)=O)c(Cl)c3Br)C2=O)o1. The molecule has 1 aromatic heterocycles. The number of imide groups is 1. The van der Waals surface area contributed by atoms with Gasteiger partial charge in [-0.15, -0.1) is 0 Å². The van der Waals surface area contributed by atoms with Crippen LogP contribution in [0.5, 0.6) is 11.5 Å². The molecule has 2 aromatic rings. The molecule has 0 atom stereocenters. The van der Waals surface area contributed by atoms with E-state index in [9.17, 15) is 19.2 Å². The number of ether oxygens (including phenoxy) is 3. The highest BCUT2D eigenvalue weighted by Crippen LogP contribution is 2.43. The molecular formula is C20H17BrClN3O8. The van der Waals surface area contributed by atoms with Crippen molar-refractivity contribution in [2.45, 2.75) is 6.54 Å². The Bertz CT molecular complexity index is 1180. The first-order valence-electron chi connectivity index (χ1n) is 9.14. The van der Waals surface area contributed by atoms with Crippen molar-refractivity contribution >= 4 is 57.4 Å². The van der Waals surface area contributed by atoms with E-state index in [4.69, 9.17) is 31.2 Å². The van der Waals surface area contributed by atoms with Crippen molar-refractivity contribution in [3.8, 4) is 11.5 Å². The van der Waals surface area contributed by atoms with Gasteiger partial charge in [0.25, 0.3) is 11.8 Å². The summed E-state index contributed by atoms with van der Waals surface area (Å²) in [4.78, 5) is 48.6. The van der Waals surface area contributed by atoms with Crippen molar-refractivity contribution in [1.29, 1.82) is 0 Å². The van der Waals surface area contributed by atoms with Gasteiger partial charge in [0.15, 0.2) is 18.1 Å². The molecule has 13 heteroatoms. The van der Waals surface area contributed by atoms with E-state index < -0.39 is 30.4 Å². The third kappa shape index (κ3) is 5.12. The quantitative estimate of drug-likeness (QED) is 0.293. The minimum absolute atomic E-state index is 0.0376. The lowest BCUT2D eigenvalue weighted by Crippen LogP contribution is -2.30. The first kappa shape index (κ1) is 24.1. The summed E-state index contributed by atoms with van der Waals surface area (Å²) in [6.45, 7) is -0.624. The minimum Gasteiger partial charge on any atom is -0.493 e. The monoisotopic (exact) mass is 541 g/mol. The highest BCUT2D eigenvalue weighted by molar-refractivity contribution is 9.10. The van der Waals surface area contributed by atoms with E-state index in [-0.39, 0.29) is 40.3 Å². The zero-order chi connectivity index (χ0) is 24.3. The first-order valence-corrected chi connectivity index (χ1v) is 10.3. The summed E-state index contributed by atoms with van der Waals surface area (Å²) in [5.41, 5.74) is 5.45. The molecule has 1 aliphatic rings. The second kappa shape index (κ2) is 9.96. The molecule has 0 unspecified atom stereocenters. The van der Waals surface area contributed by atoms with Crippen molar-refractivity contribution in [1.82, 2.24) is 10.2 Å². The van der Waals surface area contributed by atoms with Gasteiger partial charge in [0.05, 0.1) is 20.8 Å². The normalized spacial score (nSPS) is 14.4. The number of carbonyl (C=O) groups excluding carboxylic acids is 4. The molecule has 33 heavy (non-hydrogen) atoms. The number of primary amides is 1. The zero-order valence-corrected chi connectivity index (χ0v) is 19.6. The lowest BCUT2D eigenvalue weighted by molar-refractivity contribution is -0.123. The van der Waals surface area contributed by atoms with Gasteiger partial charge in [0, 0.05) is 4.47 Å². The van der Waals surface area contributed by atoms with Crippen molar-refractivity contribution in [3.05, 3.63) is 50.5 Å². The molecule has 3 rings (SSSR count). The number of methoxy groups -OCH3 is 2. The van der Waals surface area contributed by atoms with Crippen molar-refractivity contribution in [3.63, 3.8) is 0 Å². The van der Waals surface area contributed by atoms with Gasteiger partial charge in [-0.2, -0.15) is 0 Å². The average Bonchev–Trinajstić information content (AvgIpc) is 3.35. The van der Waals surface area contributed by atoms with Gasteiger partial charge in [-0.25, -0.2) is 9.59 Å². The molecule has 0 spiro atoms. The second-order valence-electron chi connectivity index (χ2n) is 6.52. The molecule has 0 aliphatic carbocycles. The zero-order valence-electron chi connectivity index (χ0n) is 17.3. The standard InChI is InChI=1S/C20H17BrClN3O8/c1-30-13-6-9(15(21)16(22)17(13)32-8-14(23)26)5-11-18(27)25(20(29)24-11)7-10-3-4-12(33-10)19(28)31-2/h3-6H,7-8H2,1-2H3,(H2,23,26)(H,24,29)/b11-5-. The smallest absolute Gasteiger partial charge is 0.373 e. The lowest BCUT2D eigenvalue weighted by Gasteiger charge is -2.14. The van der Waals surface area contributed by atoms with E-state index >= 15 is 0 Å². The van der Waals surface area contributed by atoms with Gasteiger partial charge in [-0.05, 0) is 45.8 Å². The number of urea groups is 1. The number of benzene rings is 1. The third-order valence-corrected chi connectivity index (χ3v) is 5.80. The number of hydrogen-bond donors (Lipinski definition) is 2. The molecular weight excluding hydrogens is 526 g/mol. The molecule has 0 radical (unpaired) electrons. The van der Waals surface area contributed by atoms with Gasteiger partial charge in [-0.3, -0.25) is 14.5 Å². The second-order valence-corrected chi connectivity index (χ2v) is 7.69. The Hall–Kier alpha value is -3.51. The van der Waals surface area contributed by atoms with Crippen LogP contribution in [0.1, 0.15) is 21.9 Å². The topological polar surface area (TPSA) is 150 Å². The van der Waals surface area contributed by atoms with Gasteiger partial charge in [0.2, 0.25) is 5.76 Å². The number of rotatable bonds is 8. The van der Waals surface area contributed by atoms with E-state index in [1.54, 1.807) is 0 Å². The van der Waals surface area contributed by atoms with Crippen LogP contribution < -0.4 is 20.5 Å². The fourth-order valence-electron chi connectivity index (χ4n) is 2.84. The van der Waals surface area contributed by atoms with E-state index in [0.29, 0.717) is 10.0 Å². The molecule has 1 aliphatic heterocycles. The highest BCUT2D eigenvalue weighted by atomic mass is 79.9. The molecule has 3 N–H and O–H groups in total. The predicted octanol–water partition coefficient (Wildman–Crippen LogP) is 2.45.